The Labute approximate surface area is 329 Å². The molecule has 2 heterocycles. The quantitative estimate of drug-likeness (QED) is 0.0973. The molecule has 0 unspecified atom stereocenters. The topological polar surface area (TPSA) is 115 Å². The third-order valence-corrected chi connectivity index (χ3v) is 13.8. The van der Waals surface area contributed by atoms with E-state index < -0.39 is 39.1 Å². The molecule has 0 bridgehead atoms. The molecule has 0 radical (unpaired) electrons. The molecule has 2 aliphatic rings. The normalized spacial score (nSPS) is 22.4. The molecule has 0 aromatic heterocycles. The summed E-state index contributed by atoms with van der Waals surface area (Å²) in [4.78, 5) is 0. The minimum atomic E-state index is -2.95. The van der Waals surface area contributed by atoms with Crippen molar-refractivity contribution >= 4 is 27.8 Å². The van der Waals surface area contributed by atoms with Gasteiger partial charge in [0, 0.05) is 53.7 Å². The van der Waals surface area contributed by atoms with Crippen molar-refractivity contribution in [3.63, 3.8) is 0 Å². The Morgan fingerprint density at radius 1 is 0.667 bits per heavy atom. The molecule has 2 fully saturated rings. The molecular formula is C36H70ClLiO11Si2. The molecule has 15 heteroatoms. The number of allylic oxidation sites excluding steroid dienone is 4. The van der Waals surface area contributed by atoms with Gasteiger partial charge in [-0.05, 0) is 76.2 Å². The molecule has 0 aromatic carbocycles. The van der Waals surface area contributed by atoms with Crippen LogP contribution in [0.5, 0.6) is 0 Å². The molecule has 2 aliphatic heterocycles. The van der Waals surface area contributed by atoms with Crippen LogP contribution in [-0.4, -0.2) is 105 Å². The average Bonchev–Trinajstić information content (AvgIpc) is 3.58. The van der Waals surface area contributed by atoms with Crippen LogP contribution in [0.4, 0.5) is 0 Å². The summed E-state index contributed by atoms with van der Waals surface area (Å²) in [5, 5.41) is 9.33. The number of rotatable bonds is 16. The summed E-state index contributed by atoms with van der Waals surface area (Å²) >= 11 is 6.50. The smallest absolute Gasteiger partial charge is 0.876 e. The van der Waals surface area contributed by atoms with E-state index in [1.807, 2.05) is 69.2 Å². The fraction of sp³-hybridized carbons (Fsp3) is 0.778. The number of methoxy groups -OCH3 is 4. The molecule has 0 aromatic rings. The maximum atomic E-state index is 9.33. The maximum absolute atomic E-state index is 9.33. The van der Waals surface area contributed by atoms with E-state index in [1.54, 1.807) is 47.5 Å². The minimum absolute atomic E-state index is 0. The standard InChI is InChI=1S/C16H30O5Si.C13H25ClO4Si.C4H10O.C3H6O.Li/c1-10-11-22(19-12(2)3)20-13(15(4,5)17-8)14(21-22)16(6,7)18-9;1-8-9-19(14)17-10(12(2,3)15-6)11(18-19)13(4,5)16-7;1-3-5-4-2;1-3(2)4;/h10,13-14H,1-2,11H2,3-9H3;8,10-11H,1,9H2,2-7H3;3-4H2,1-2H3;4H,1H2,2H3;/q;;;;+1/p-1/t13-,14-;10-,11-;;;/m11.../s1. The SMILES string of the molecule is C=C(C)[O-].C=CC[Si]1(Cl)O[C@@H](C(C)(C)OC)[C@H](C(C)(C)OC)O1.C=CC[Si]1(OC(=C)C)O[C@@H](C(C)(C)OC)[C@H](C(C)(C)OC)O1.CCOCC.[Li+]. The van der Waals surface area contributed by atoms with Gasteiger partial charge in [-0.1, -0.05) is 36.7 Å². The summed E-state index contributed by atoms with van der Waals surface area (Å²) in [6, 6.07) is 1.04. The van der Waals surface area contributed by atoms with Crippen LogP contribution in [0, 0.1) is 0 Å². The van der Waals surface area contributed by atoms with Gasteiger partial charge in [-0.25, -0.2) is 0 Å². The van der Waals surface area contributed by atoms with Crippen LogP contribution >= 0.6 is 11.1 Å². The van der Waals surface area contributed by atoms with Gasteiger partial charge < -0.3 is 50.9 Å². The summed E-state index contributed by atoms with van der Waals surface area (Å²) < 4.78 is 57.8. The Balaban J connectivity index is -0.000000722. The zero-order valence-electron chi connectivity index (χ0n) is 35.0. The zero-order valence-corrected chi connectivity index (χ0v) is 37.7. The molecule has 4 atom stereocenters. The van der Waals surface area contributed by atoms with E-state index in [0.29, 0.717) is 17.8 Å². The maximum Gasteiger partial charge on any atom is 1.00 e. The number of hydrogen-bond donors (Lipinski definition) is 0. The number of ether oxygens (including phenoxy) is 5. The van der Waals surface area contributed by atoms with Gasteiger partial charge in [0.15, 0.2) is 0 Å². The Morgan fingerprint density at radius 2 is 0.941 bits per heavy atom. The zero-order chi connectivity index (χ0) is 39.8. The van der Waals surface area contributed by atoms with Gasteiger partial charge in [0.25, 0.3) is 0 Å². The molecule has 296 valence electrons. The Hall–Kier alpha value is -0.479. The molecule has 0 spiro atoms. The summed E-state index contributed by atoms with van der Waals surface area (Å²) in [5.41, 5.74) is -2.11. The molecule has 0 saturated carbocycles. The first kappa shape index (κ1) is 54.9. The largest absolute Gasteiger partial charge is 1.00 e. The monoisotopic (exact) mass is 776 g/mol. The molecule has 51 heavy (non-hydrogen) atoms. The van der Waals surface area contributed by atoms with Crippen molar-refractivity contribution in [2.24, 2.45) is 0 Å². The van der Waals surface area contributed by atoms with E-state index in [0.717, 1.165) is 13.2 Å². The molecular weight excluding hydrogens is 707 g/mol. The molecule has 2 saturated heterocycles. The Morgan fingerprint density at radius 3 is 1.14 bits per heavy atom. The van der Waals surface area contributed by atoms with Crippen molar-refractivity contribution in [2.45, 2.75) is 142 Å². The molecule has 0 N–H and O–H groups in total. The molecule has 11 nitrogen and oxygen atoms in total. The van der Waals surface area contributed by atoms with Crippen molar-refractivity contribution in [3.05, 3.63) is 50.0 Å². The van der Waals surface area contributed by atoms with Crippen LogP contribution in [0.2, 0.25) is 12.1 Å². The first-order valence-electron chi connectivity index (χ1n) is 16.9. The predicted octanol–water partition coefficient (Wildman–Crippen LogP) is 4.21. The van der Waals surface area contributed by atoms with Gasteiger partial charge in [-0.15, -0.1) is 25.5 Å². The van der Waals surface area contributed by atoms with Crippen LogP contribution in [-0.2, 0) is 45.8 Å². The average molecular weight is 778 g/mol. The van der Waals surface area contributed by atoms with Gasteiger partial charge in [-0.3, -0.25) is 0 Å². The number of halogens is 1. The Kier molecular flexibility index (Phi) is 25.9. The van der Waals surface area contributed by atoms with E-state index in [2.05, 4.69) is 26.3 Å². The third kappa shape index (κ3) is 18.1. The second-order valence-corrected chi connectivity index (χ2v) is 20.4. The van der Waals surface area contributed by atoms with Crippen molar-refractivity contribution in [2.75, 3.05) is 41.7 Å². The predicted molar refractivity (Wildman–Crippen MR) is 204 cm³/mol. The second-order valence-electron chi connectivity index (χ2n) is 14.0. The summed E-state index contributed by atoms with van der Waals surface area (Å²) in [6.07, 6.45) is 2.29. The van der Waals surface area contributed by atoms with Crippen molar-refractivity contribution in [3.8, 4) is 0 Å². The molecule has 2 rings (SSSR count). The van der Waals surface area contributed by atoms with Gasteiger partial charge in [0.2, 0.25) is 0 Å². The Bertz CT molecular complexity index is 989. The molecule has 0 aliphatic carbocycles. The van der Waals surface area contributed by atoms with E-state index >= 15 is 0 Å². The van der Waals surface area contributed by atoms with Gasteiger partial charge in [0.05, 0.1) is 28.2 Å². The van der Waals surface area contributed by atoms with Crippen molar-refractivity contribution < 1.29 is 69.8 Å². The fourth-order valence-corrected chi connectivity index (χ4v) is 10.6. The van der Waals surface area contributed by atoms with Crippen molar-refractivity contribution in [1.82, 2.24) is 0 Å². The van der Waals surface area contributed by atoms with E-state index in [4.69, 9.17) is 56.9 Å². The molecule has 0 amide bonds. The van der Waals surface area contributed by atoms with Gasteiger partial charge in [-0.2, -0.15) is 0 Å². The van der Waals surface area contributed by atoms with Crippen LogP contribution in [0.1, 0.15) is 83.1 Å². The third-order valence-electron chi connectivity index (χ3n) is 8.13. The first-order chi connectivity index (χ1) is 22.8. The van der Waals surface area contributed by atoms with Gasteiger partial charge in [0.1, 0.15) is 24.4 Å². The van der Waals surface area contributed by atoms with E-state index in [9.17, 15) is 5.11 Å². The van der Waals surface area contributed by atoms with E-state index in [-0.39, 0.29) is 49.0 Å². The first-order valence-corrected chi connectivity index (χ1v) is 21.8. The second kappa shape index (κ2) is 24.1. The van der Waals surface area contributed by atoms with Gasteiger partial charge >= 0.3 is 35.5 Å². The van der Waals surface area contributed by atoms with E-state index in [1.165, 1.54) is 6.92 Å². The van der Waals surface area contributed by atoms with Crippen molar-refractivity contribution in [1.29, 1.82) is 0 Å². The van der Waals surface area contributed by atoms with Crippen LogP contribution in [0.25, 0.3) is 0 Å². The number of hydrogen-bond acceptors (Lipinski definition) is 11. The summed E-state index contributed by atoms with van der Waals surface area (Å²) in [6.45, 7) is 38.9. The summed E-state index contributed by atoms with van der Waals surface area (Å²) in [7, 11) is 0.914. The van der Waals surface area contributed by atoms with Crippen LogP contribution < -0.4 is 24.0 Å². The minimum Gasteiger partial charge on any atom is -0.876 e. The van der Waals surface area contributed by atoms with Crippen LogP contribution in [0.3, 0.4) is 0 Å². The van der Waals surface area contributed by atoms with Crippen LogP contribution in [0.15, 0.2) is 50.0 Å². The summed E-state index contributed by atoms with van der Waals surface area (Å²) in [5.74, 6) is 0.485. The fourth-order valence-electron chi connectivity index (χ4n) is 4.66.